The summed E-state index contributed by atoms with van der Waals surface area (Å²) in [7, 11) is 0. The third kappa shape index (κ3) is 3.20. The van der Waals surface area contributed by atoms with Crippen molar-refractivity contribution in [3.05, 3.63) is 82.9 Å². The minimum absolute atomic E-state index is 0.0883. The molecule has 3 aromatic carbocycles. The van der Waals surface area contributed by atoms with Gasteiger partial charge in [0.05, 0.1) is 16.6 Å². The van der Waals surface area contributed by atoms with E-state index in [0.717, 1.165) is 12.1 Å². The third-order valence-corrected chi connectivity index (χ3v) is 4.80. The number of nitrogens with two attached hydrogens (primary N) is 1. The number of amides is 1. The van der Waals surface area contributed by atoms with Gasteiger partial charge in [-0.1, -0.05) is 12.1 Å². The van der Waals surface area contributed by atoms with Crippen molar-refractivity contribution in [2.75, 3.05) is 0 Å². The van der Waals surface area contributed by atoms with Crippen LogP contribution in [0.4, 0.5) is 22.0 Å². The highest BCUT2D eigenvalue weighted by molar-refractivity contribution is 6.17. The molecule has 0 aliphatic carbocycles. The van der Waals surface area contributed by atoms with Gasteiger partial charge in [-0.3, -0.25) is 4.79 Å². The smallest absolute Gasteiger partial charge is 0.366 e. The lowest BCUT2D eigenvalue weighted by molar-refractivity contribution is -0.140. The van der Waals surface area contributed by atoms with Crippen LogP contribution in [0, 0.1) is 11.6 Å². The summed E-state index contributed by atoms with van der Waals surface area (Å²) in [5, 5.41) is 1.02. The lowest BCUT2D eigenvalue weighted by Crippen LogP contribution is -2.11. The Morgan fingerprint density at radius 3 is 2.41 bits per heavy atom. The Kier molecular flexibility index (Phi) is 4.29. The van der Waals surface area contributed by atoms with Crippen LogP contribution in [0.15, 0.2) is 54.6 Å². The summed E-state index contributed by atoms with van der Waals surface area (Å²) in [5.74, 6) is -2.59. The van der Waals surface area contributed by atoms with Crippen molar-refractivity contribution in [2.24, 2.45) is 5.73 Å². The molecule has 8 heteroatoms. The number of benzene rings is 3. The highest BCUT2D eigenvalue weighted by Crippen LogP contribution is 2.35. The van der Waals surface area contributed by atoms with E-state index in [1.54, 1.807) is 16.7 Å². The standard InChI is InChI=1S/C21H13F5N2O/c22-12-5-6-13-18(9-12)28(17-3-1-2-14(19(13)17)20(27)29)10-11-4-7-16(23)15(8-11)21(24,25)26/h1-9H,10H2,(H2,27,29). The van der Waals surface area contributed by atoms with Gasteiger partial charge in [0.15, 0.2) is 0 Å². The first-order valence-corrected chi connectivity index (χ1v) is 8.52. The van der Waals surface area contributed by atoms with Crippen LogP contribution in [0.25, 0.3) is 21.8 Å². The topological polar surface area (TPSA) is 48.0 Å². The zero-order valence-corrected chi connectivity index (χ0v) is 14.7. The fraction of sp³-hybridized carbons (Fsp3) is 0.0952. The maximum absolute atomic E-state index is 13.9. The molecule has 4 rings (SSSR count). The molecule has 2 N–H and O–H groups in total. The van der Waals surface area contributed by atoms with Crippen molar-refractivity contribution in [1.29, 1.82) is 0 Å². The van der Waals surface area contributed by atoms with Gasteiger partial charge in [-0.25, -0.2) is 8.78 Å². The Balaban J connectivity index is 1.98. The van der Waals surface area contributed by atoms with E-state index >= 15 is 0 Å². The molecule has 29 heavy (non-hydrogen) atoms. The lowest BCUT2D eigenvalue weighted by atomic mass is 10.1. The number of hydrogen-bond acceptors (Lipinski definition) is 1. The van der Waals surface area contributed by atoms with Crippen LogP contribution in [0.1, 0.15) is 21.5 Å². The first-order chi connectivity index (χ1) is 13.7. The predicted molar refractivity (Wildman–Crippen MR) is 98.4 cm³/mol. The average molecular weight is 404 g/mol. The van der Waals surface area contributed by atoms with E-state index in [1.165, 1.54) is 30.3 Å². The molecule has 0 saturated carbocycles. The molecule has 0 fully saturated rings. The van der Waals surface area contributed by atoms with Crippen LogP contribution in [-0.4, -0.2) is 10.5 Å². The Labute approximate surface area is 161 Å². The number of halogens is 5. The summed E-state index contributed by atoms with van der Waals surface area (Å²) in [4.78, 5) is 11.9. The summed E-state index contributed by atoms with van der Waals surface area (Å²) in [6.45, 7) is -0.0883. The molecule has 0 radical (unpaired) electrons. The molecule has 3 nitrogen and oxygen atoms in total. The van der Waals surface area contributed by atoms with Gasteiger partial charge >= 0.3 is 6.18 Å². The number of fused-ring (bicyclic) bond motifs is 3. The van der Waals surface area contributed by atoms with Crippen molar-refractivity contribution >= 4 is 27.7 Å². The monoisotopic (exact) mass is 404 g/mol. The van der Waals surface area contributed by atoms with Gasteiger partial charge in [-0.05, 0) is 48.0 Å². The largest absolute Gasteiger partial charge is 0.419 e. The Hall–Kier alpha value is -3.42. The van der Waals surface area contributed by atoms with Gasteiger partial charge in [0, 0.05) is 22.9 Å². The van der Waals surface area contributed by atoms with Crippen molar-refractivity contribution in [1.82, 2.24) is 4.57 Å². The van der Waals surface area contributed by atoms with Gasteiger partial charge < -0.3 is 10.3 Å². The molecule has 0 saturated heterocycles. The molecular formula is C21H13F5N2O. The SMILES string of the molecule is NC(=O)c1cccc2c1c1ccc(F)cc1n2Cc1ccc(F)c(C(F)(F)F)c1. The molecule has 1 aromatic heterocycles. The molecule has 148 valence electrons. The molecule has 0 spiro atoms. The summed E-state index contributed by atoms with van der Waals surface area (Å²) in [6, 6.07) is 11.4. The fourth-order valence-corrected chi connectivity index (χ4v) is 3.56. The highest BCUT2D eigenvalue weighted by atomic mass is 19.4. The quantitative estimate of drug-likeness (QED) is 0.467. The normalized spacial score (nSPS) is 12.0. The second-order valence-electron chi connectivity index (χ2n) is 6.62. The Bertz CT molecular complexity index is 1270. The van der Waals surface area contributed by atoms with Crippen molar-refractivity contribution in [3.63, 3.8) is 0 Å². The van der Waals surface area contributed by atoms with E-state index in [4.69, 9.17) is 5.73 Å². The average Bonchev–Trinajstić information content (AvgIpc) is 2.95. The molecule has 0 bridgehead atoms. The summed E-state index contributed by atoms with van der Waals surface area (Å²) >= 11 is 0. The molecule has 0 aliphatic rings. The van der Waals surface area contributed by atoms with Crippen LogP contribution in [0.3, 0.4) is 0 Å². The molecule has 0 aliphatic heterocycles. The highest BCUT2D eigenvalue weighted by Gasteiger charge is 2.34. The summed E-state index contributed by atoms with van der Waals surface area (Å²) in [5.41, 5.74) is 5.35. The van der Waals surface area contributed by atoms with Gasteiger partial charge in [0.1, 0.15) is 11.6 Å². The Morgan fingerprint density at radius 1 is 0.966 bits per heavy atom. The number of nitrogens with zero attached hydrogens (tertiary/aromatic N) is 1. The van der Waals surface area contributed by atoms with Gasteiger partial charge in [0.2, 0.25) is 5.91 Å². The predicted octanol–water partition coefficient (Wildman–Crippen LogP) is 5.24. The third-order valence-electron chi connectivity index (χ3n) is 4.80. The van der Waals surface area contributed by atoms with Crippen LogP contribution >= 0.6 is 0 Å². The minimum atomic E-state index is -4.84. The van der Waals surface area contributed by atoms with E-state index in [9.17, 15) is 26.7 Å². The van der Waals surface area contributed by atoms with Crippen LogP contribution in [-0.2, 0) is 12.7 Å². The zero-order chi connectivity index (χ0) is 20.9. The Morgan fingerprint density at radius 2 is 1.72 bits per heavy atom. The molecule has 1 heterocycles. The van der Waals surface area contributed by atoms with E-state index in [0.29, 0.717) is 21.8 Å². The first kappa shape index (κ1) is 18.9. The zero-order valence-electron chi connectivity index (χ0n) is 14.7. The van der Waals surface area contributed by atoms with E-state index in [-0.39, 0.29) is 17.7 Å². The summed E-state index contributed by atoms with van der Waals surface area (Å²) in [6.07, 6.45) is -4.84. The maximum atomic E-state index is 13.9. The van der Waals surface area contributed by atoms with E-state index in [1.807, 2.05) is 0 Å². The first-order valence-electron chi connectivity index (χ1n) is 8.52. The molecular weight excluding hydrogens is 391 g/mol. The van der Waals surface area contributed by atoms with Gasteiger partial charge in [-0.15, -0.1) is 0 Å². The summed E-state index contributed by atoms with van der Waals surface area (Å²) < 4.78 is 68.3. The number of carbonyl (C=O) groups is 1. The number of carbonyl (C=O) groups excluding carboxylic acids is 1. The fourth-order valence-electron chi connectivity index (χ4n) is 3.56. The number of aromatic nitrogens is 1. The number of primary amides is 1. The molecule has 1 amide bonds. The maximum Gasteiger partial charge on any atom is 0.419 e. The minimum Gasteiger partial charge on any atom is -0.366 e. The molecule has 0 unspecified atom stereocenters. The number of alkyl halides is 3. The lowest BCUT2D eigenvalue weighted by Gasteiger charge is -2.12. The van der Waals surface area contributed by atoms with Crippen molar-refractivity contribution < 1.29 is 26.7 Å². The number of rotatable bonds is 3. The van der Waals surface area contributed by atoms with Crippen molar-refractivity contribution in [2.45, 2.75) is 12.7 Å². The van der Waals surface area contributed by atoms with E-state index in [2.05, 4.69) is 0 Å². The van der Waals surface area contributed by atoms with Crippen LogP contribution in [0.2, 0.25) is 0 Å². The van der Waals surface area contributed by atoms with Crippen molar-refractivity contribution in [3.8, 4) is 0 Å². The van der Waals surface area contributed by atoms with Gasteiger partial charge in [-0.2, -0.15) is 13.2 Å². The van der Waals surface area contributed by atoms with Crippen LogP contribution in [0.5, 0.6) is 0 Å². The number of hydrogen-bond donors (Lipinski definition) is 1. The molecule has 0 atom stereocenters. The van der Waals surface area contributed by atoms with Gasteiger partial charge in [0.25, 0.3) is 0 Å². The second kappa shape index (κ2) is 6.58. The van der Waals surface area contributed by atoms with E-state index < -0.39 is 29.3 Å². The molecule has 4 aromatic rings. The second-order valence-corrected chi connectivity index (χ2v) is 6.62. The van der Waals surface area contributed by atoms with Crippen LogP contribution < -0.4 is 5.73 Å².